The summed E-state index contributed by atoms with van der Waals surface area (Å²) >= 11 is 0. The third kappa shape index (κ3) is 5.80. The van der Waals surface area contributed by atoms with Crippen molar-refractivity contribution in [3.8, 4) is 0 Å². The van der Waals surface area contributed by atoms with Gasteiger partial charge < -0.3 is 9.80 Å². The number of anilines is 2. The van der Waals surface area contributed by atoms with Gasteiger partial charge in [-0.05, 0) is 30.7 Å². The van der Waals surface area contributed by atoms with Gasteiger partial charge in [-0.2, -0.15) is 0 Å². The molecule has 2 nitrogen and oxygen atoms in total. The predicted octanol–water partition coefficient (Wildman–Crippen LogP) is 5.05. The maximum Gasteiger partial charge on any atom is 0.0373 e. The highest BCUT2D eigenvalue weighted by atomic mass is 15.1. The fourth-order valence-electron chi connectivity index (χ4n) is 2.51. The molecule has 0 spiro atoms. The highest BCUT2D eigenvalue weighted by Crippen LogP contribution is 2.21. The molecule has 0 aliphatic carbocycles. The molecule has 0 aromatic heterocycles. The zero-order valence-electron chi connectivity index (χ0n) is 14.0. The Morgan fingerprint density at radius 1 is 0.773 bits per heavy atom. The summed E-state index contributed by atoms with van der Waals surface area (Å²) in [6.07, 6.45) is 9.57. The summed E-state index contributed by atoms with van der Waals surface area (Å²) in [5, 5.41) is 0. The molecule has 0 unspecified atom stereocenters. The van der Waals surface area contributed by atoms with E-state index in [-0.39, 0.29) is 0 Å². The van der Waals surface area contributed by atoms with Gasteiger partial charge in [-0.25, -0.2) is 0 Å². The van der Waals surface area contributed by atoms with E-state index in [0.717, 1.165) is 26.2 Å². The largest absolute Gasteiger partial charge is 0.368 e. The summed E-state index contributed by atoms with van der Waals surface area (Å²) in [5.74, 6) is 0. The average molecular weight is 298 g/mol. The van der Waals surface area contributed by atoms with Gasteiger partial charge in [-0.15, -0.1) is 19.7 Å². The number of unbranched alkanes of at least 4 members (excludes halogenated alkanes) is 2. The number of benzene rings is 1. The highest BCUT2D eigenvalue weighted by Gasteiger charge is 2.07. The lowest BCUT2D eigenvalue weighted by Crippen LogP contribution is -2.25. The van der Waals surface area contributed by atoms with Crippen molar-refractivity contribution < 1.29 is 0 Å². The van der Waals surface area contributed by atoms with Crippen LogP contribution in [0.1, 0.15) is 26.2 Å². The standard InChI is InChI=1S/C20H30N2/c1-5-9-10-18-22(17-8-4)20-13-11-19(12-14-20)21(15-6-2)16-7-3/h6-8,11-14H,2-5,9-10,15-18H2,1H3. The summed E-state index contributed by atoms with van der Waals surface area (Å²) in [6, 6.07) is 8.75. The smallest absolute Gasteiger partial charge is 0.0373 e. The van der Waals surface area contributed by atoms with Gasteiger partial charge in [0.1, 0.15) is 0 Å². The van der Waals surface area contributed by atoms with Crippen molar-refractivity contribution in [3.63, 3.8) is 0 Å². The van der Waals surface area contributed by atoms with Gasteiger partial charge in [0.25, 0.3) is 0 Å². The van der Waals surface area contributed by atoms with E-state index in [1.165, 1.54) is 30.6 Å². The maximum atomic E-state index is 3.88. The summed E-state index contributed by atoms with van der Waals surface area (Å²) in [7, 11) is 0. The van der Waals surface area contributed by atoms with Crippen LogP contribution in [0.4, 0.5) is 11.4 Å². The molecular weight excluding hydrogens is 268 g/mol. The zero-order chi connectivity index (χ0) is 16.2. The van der Waals surface area contributed by atoms with E-state index in [0.29, 0.717) is 0 Å². The molecule has 0 fully saturated rings. The normalized spacial score (nSPS) is 10.0. The number of hydrogen-bond acceptors (Lipinski definition) is 2. The first-order valence-electron chi connectivity index (χ1n) is 8.19. The van der Waals surface area contributed by atoms with Crippen LogP contribution in [0, 0.1) is 0 Å². The van der Waals surface area contributed by atoms with Crippen LogP contribution in [0.15, 0.2) is 62.2 Å². The molecule has 0 bridgehead atoms. The van der Waals surface area contributed by atoms with Crippen LogP contribution in [0.2, 0.25) is 0 Å². The van der Waals surface area contributed by atoms with Crippen molar-refractivity contribution in [1.29, 1.82) is 0 Å². The third-order valence-electron chi connectivity index (χ3n) is 3.66. The molecule has 0 aliphatic rings. The van der Waals surface area contributed by atoms with E-state index in [4.69, 9.17) is 0 Å². The molecule has 0 atom stereocenters. The molecule has 2 heteroatoms. The predicted molar refractivity (Wildman–Crippen MR) is 101 cm³/mol. The zero-order valence-corrected chi connectivity index (χ0v) is 14.0. The average Bonchev–Trinajstić information content (AvgIpc) is 2.54. The van der Waals surface area contributed by atoms with E-state index < -0.39 is 0 Å². The topological polar surface area (TPSA) is 6.48 Å². The van der Waals surface area contributed by atoms with E-state index in [2.05, 4.69) is 60.7 Å². The molecule has 0 saturated heterocycles. The second-order valence-corrected chi connectivity index (χ2v) is 5.44. The Labute approximate surface area is 136 Å². The van der Waals surface area contributed by atoms with Crippen LogP contribution in [0.5, 0.6) is 0 Å². The van der Waals surface area contributed by atoms with Gasteiger partial charge in [0.2, 0.25) is 0 Å². The summed E-state index contributed by atoms with van der Waals surface area (Å²) in [6.45, 7) is 17.4. The fourth-order valence-corrected chi connectivity index (χ4v) is 2.51. The lowest BCUT2D eigenvalue weighted by Gasteiger charge is -2.26. The SMILES string of the molecule is C=CCN(CC=C)c1ccc(N(CC=C)CCCCC)cc1. The number of nitrogens with zero attached hydrogens (tertiary/aromatic N) is 2. The van der Waals surface area contributed by atoms with Crippen LogP contribution in [0.25, 0.3) is 0 Å². The highest BCUT2D eigenvalue weighted by molar-refractivity contribution is 5.57. The molecule has 0 amide bonds. The number of hydrogen-bond donors (Lipinski definition) is 0. The van der Waals surface area contributed by atoms with Crippen molar-refractivity contribution in [1.82, 2.24) is 0 Å². The van der Waals surface area contributed by atoms with E-state index in [9.17, 15) is 0 Å². The van der Waals surface area contributed by atoms with Gasteiger partial charge in [0.15, 0.2) is 0 Å². The first-order chi connectivity index (χ1) is 10.8. The monoisotopic (exact) mass is 298 g/mol. The van der Waals surface area contributed by atoms with Crippen molar-refractivity contribution in [2.24, 2.45) is 0 Å². The lowest BCUT2D eigenvalue weighted by atomic mass is 10.2. The Morgan fingerprint density at radius 3 is 1.68 bits per heavy atom. The maximum absolute atomic E-state index is 3.88. The van der Waals surface area contributed by atoms with Crippen LogP contribution in [-0.2, 0) is 0 Å². The molecule has 0 aliphatic heterocycles. The van der Waals surface area contributed by atoms with Gasteiger partial charge >= 0.3 is 0 Å². The Morgan fingerprint density at radius 2 is 1.23 bits per heavy atom. The molecule has 22 heavy (non-hydrogen) atoms. The van der Waals surface area contributed by atoms with Crippen molar-refractivity contribution in [2.75, 3.05) is 36.0 Å². The third-order valence-corrected chi connectivity index (χ3v) is 3.66. The van der Waals surface area contributed by atoms with E-state index >= 15 is 0 Å². The minimum atomic E-state index is 0.832. The molecular formula is C20H30N2. The second kappa shape index (κ2) is 10.7. The minimum absolute atomic E-state index is 0.832. The molecule has 1 rings (SSSR count). The Kier molecular flexibility index (Phi) is 8.82. The summed E-state index contributed by atoms with van der Waals surface area (Å²) < 4.78 is 0. The molecule has 0 heterocycles. The van der Waals surface area contributed by atoms with Crippen molar-refractivity contribution in [3.05, 3.63) is 62.2 Å². The first kappa shape index (κ1) is 18.1. The summed E-state index contributed by atoms with van der Waals surface area (Å²) in [5.41, 5.74) is 2.47. The van der Waals surface area contributed by atoms with Gasteiger partial charge in [0.05, 0.1) is 0 Å². The molecule has 120 valence electrons. The molecule has 0 N–H and O–H groups in total. The second-order valence-electron chi connectivity index (χ2n) is 5.44. The minimum Gasteiger partial charge on any atom is -0.368 e. The Hall–Kier alpha value is -1.96. The van der Waals surface area contributed by atoms with Crippen LogP contribution < -0.4 is 9.80 Å². The van der Waals surface area contributed by atoms with Gasteiger partial charge in [-0.1, -0.05) is 38.0 Å². The molecule has 1 aromatic rings. The lowest BCUT2D eigenvalue weighted by molar-refractivity contribution is 0.693. The van der Waals surface area contributed by atoms with Crippen LogP contribution >= 0.6 is 0 Å². The van der Waals surface area contributed by atoms with Gasteiger partial charge in [0, 0.05) is 37.6 Å². The van der Waals surface area contributed by atoms with Crippen molar-refractivity contribution >= 4 is 11.4 Å². The molecule has 1 aromatic carbocycles. The quantitative estimate of drug-likeness (QED) is 0.393. The number of rotatable bonds is 12. The van der Waals surface area contributed by atoms with Crippen LogP contribution in [-0.4, -0.2) is 26.2 Å². The first-order valence-corrected chi connectivity index (χ1v) is 8.19. The van der Waals surface area contributed by atoms with Gasteiger partial charge in [-0.3, -0.25) is 0 Å². The fraction of sp³-hybridized carbons (Fsp3) is 0.400. The Bertz CT molecular complexity index is 437. The van der Waals surface area contributed by atoms with Crippen molar-refractivity contribution in [2.45, 2.75) is 26.2 Å². The molecule has 0 saturated carbocycles. The van der Waals surface area contributed by atoms with Crippen LogP contribution in [0.3, 0.4) is 0 Å². The summed E-state index contributed by atoms with van der Waals surface area (Å²) in [4.78, 5) is 4.64. The van der Waals surface area contributed by atoms with E-state index in [1.54, 1.807) is 0 Å². The molecule has 0 radical (unpaired) electrons. The Balaban J connectivity index is 2.79. The van der Waals surface area contributed by atoms with E-state index in [1.807, 2.05) is 18.2 Å².